The first-order valence-corrected chi connectivity index (χ1v) is 6.71. The van der Waals surface area contributed by atoms with Gasteiger partial charge in [0.1, 0.15) is 0 Å². The molecule has 0 aliphatic carbocycles. The number of carbonyl (C=O) groups excluding carboxylic acids is 1. The molecular weight excluding hydrogens is 262 g/mol. The second-order valence-electron chi connectivity index (χ2n) is 4.82. The van der Waals surface area contributed by atoms with E-state index in [-0.39, 0.29) is 12.5 Å². The third kappa shape index (κ3) is 4.30. The smallest absolute Gasteiger partial charge is 0.317 e. The number of carboxylic acids is 1. The van der Waals surface area contributed by atoms with Gasteiger partial charge in [0.25, 0.3) is 0 Å². The van der Waals surface area contributed by atoms with E-state index in [9.17, 15) is 9.59 Å². The predicted molar refractivity (Wildman–Crippen MR) is 69.9 cm³/mol. The van der Waals surface area contributed by atoms with Gasteiger partial charge in [-0.05, 0) is 6.42 Å². The number of amides is 1. The van der Waals surface area contributed by atoms with Crippen LogP contribution in [-0.4, -0.2) is 74.5 Å². The fourth-order valence-electron chi connectivity index (χ4n) is 2.29. The highest BCUT2D eigenvalue weighted by Gasteiger charge is 2.20. The molecule has 1 fully saturated rings. The fraction of sp³-hybridized carbons (Fsp3) is 0.667. The fourth-order valence-corrected chi connectivity index (χ4v) is 2.29. The van der Waals surface area contributed by atoms with Crippen LogP contribution in [0.1, 0.15) is 12.8 Å². The Balaban J connectivity index is 1.77. The third-order valence-corrected chi connectivity index (χ3v) is 3.33. The Morgan fingerprint density at radius 2 is 2.05 bits per heavy atom. The predicted octanol–water partition coefficient (Wildman–Crippen LogP) is -0.713. The Labute approximate surface area is 117 Å². The first-order chi connectivity index (χ1) is 9.65. The molecule has 0 unspecified atom stereocenters. The Morgan fingerprint density at radius 1 is 1.20 bits per heavy atom. The Hall–Kier alpha value is -1.96. The van der Waals surface area contributed by atoms with Crippen molar-refractivity contribution in [3.05, 3.63) is 12.4 Å². The molecule has 1 aliphatic rings. The highest BCUT2D eigenvalue weighted by molar-refractivity contribution is 5.76. The summed E-state index contributed by atoms with van der Waals surface area (Å²) < 4.78 is 1.63. The molecule has 2 heterocycles. The molecule has 1 aliphatic heterocycles. The standard InChI is InChI=1S/C12H19N5O3/c18-11(2-6-17-7-3-13-14-17)16-5-1-4-15(8-9-16)10-12(19)20/h3,7H,1-2,4-6,8-10H2,(H,19,20). The average Bonchev–Trinajstić information content (AvgIpc) is 2.82. The van der Waals surface area contributed by atoms with Crippen molar-refractivity contribution < 1.29 is 14.7 Å². The lowest BCUT2D eigenvalue weighted by atomic mass is 10.3. The summed E-state index contributed by atoms with van der Waals surface area (Å²) >= 11 is 0. The summed E-state index contributed by atoms with van der Waals surface area (Å²) in [6.07, 6.45) is 4.51. The largest absolute Gasteiger partial charge is 0.480 e. The second kappa shape index (κ2) is 6.99. The van der Waals surface area contributed by atoms with Crippen molar-refractivity contribution in [2.75, 3.05) is 32.7 Å². The number of aromatic nitrogens is 3. The van der Waals surface area contributed by atoms with Gasteiger partial charge in [-0.15, -0.1) is 5.10 Å². The van der Waals surface area contributed by atoms with Crippen LogP contribution in [-0.2, 0) is 16.1 Å². The minimum Gasteiger partial charge on any atom is -0.480 e. The summed E-state index contributed by atoms with van der Waals surface area (Å²) in [6.45, 7) is 3.17. The van der Waals surface area contributed by atoms with Gasteiger partial charge < -0.3 is 10.0 Å². The van der Waals surface area contributed by atoms with Gasteiger partial charge in [-0.2, -0.15) is 0 Å². The van der Waals surface area contributed by atoms with Crippen LogP contribution < -0.4 is 0 Å². The maximum Gasteiger partial charge on any atom is 0.317 e. The van der Waals surface area contributed by atoms with Crippen molar-refractivity contribution in [1.82, 2.24) is 24.8 Å². The van der Waals surface area contributed by atoms with Crippen molar-refractivity contribution in [2.45, 2.75) is 19.4 Å². The van der Waals surface area contributed by atoms with Gasteiger partial charge in [0.2, 0.25) is 5.91 Å². The van der Waals surface area contributed by atoms with Gasteiger partial charge in [0.15, 0.2) is 0 Å². The number of nitrogens with zero attached hydrogens (tertiary/aromatic N) is 5. The summed E-state index contributed by atoms with van der Waals surface area (Å²) in [5.41, 5.74) is 0. The number of rotatable bonds is 5. The minimum absolute atomic E-state index is 0.0426. The monoisotopic (exact) mass is 281 g/mol. The van der Waals surface area contributed by atoms with Gasteiger partial charge in [0.05, 0.1) is 19.3 Å². The zero-order chi connectivity index (χ0) is 14.4. The maximum atomic E-state index is 12.1. The van der Waals surface area contributed by atoms with Gasteiger partial charge in [-0.25, -0.2) is 0 Å². The Bertz CT molecular complexity index is 448. The molecule has 1 aromatic rings. The quantitative estimate of drug-likeness (QED) is 0.766. The number of hydrogen-bond acceptors (Lipinski definition) is 5. The van der Waals surface area contributed by atoms with E-state index in [0.717, 1.165) is 13.0 Å². The number of aliphatic carboxylic acids is 1. The summed E-state index contributed by atoms with van der Waals surface area (Å²) in [7, 11) is 0. The molecule has 1 N–H and O–H groups in total. The van der Waals surface area contributed by atoms with Crippen LogP contribution in [0.25, 0.3) is 0 Å². The van der Waals surface area contributed by atoms with Crippen LogP contribution in [0.15, 0.2) is 12.4 Å². The zero-order valence-electron chi connectivity index (χ0n) is 11.3. The first kappa shape index (κ1) is 14.4. The van der Waals surface area contributed by atoms with Crippen LogP contribution in [0.5, 0.6) is 0 Å². The Kier molecular flexibility index (Phi) is 5.05. The molecule has 1 saturated heterocycles. The van der Waals surface area contributed by atoms with Crippen molar-refractivity contribution in [3.63, 3.8) is 0 Å². The van der Waals surface area contributed by atoms with Gasteiger partial charge in [-0.1, -0.05) is 5.21 Å². The molecule has 0 aromatic carbocycles. The summed E-state index contributed by atoms with van der Waals surface area (Å²) in [6, 6.07) is 0. The van der Waals surface area contributed by atoms with Crippen molar-refractivity contribution >= 4 is 11.9 Å². The van der Waals surface area contributed by atoms with Crippen LogP contribution in [0.2, 0.25) is 0 Å². The summed E-state index contributed by atoms with van der Waals surface area (Å²) in [5.74, 6) is -0.742. The molecule has 2 rings (SSSR count). The van der Waals surface area contributed by atoms with Crippen molar-refractivity contribution in [1.29, 1.82) is 0 Å². The van der Waals surface area contributed by atoms with Gasteiger partial charge in [0, 0.05) is 38.8 Å². The van der Waals surface area contributed by atoms with Crippen LogP contribution in [0.4, 0.5) is 0 Å². The van der Waals surface area contributed by atoms with E-state index in [2.05, 4.69) is 10.3 Å². The van der Waals surface area contributed by atoms with E-state index in [1.165, 1.54) is 0 Å². The number of carboxylic acid groups (broad SMARTS) is 1. The molecule has 0 saturated carbocycles. The van der Waals surface area contributed by atoms with Crippen LogP contribution in [0.3, 0.4) is 0 Å². The molecule has 0 radical (unpaired) electrons. The molecule has 0 bridgehead atoms. The van der Waals surface area contributed by atoms with E-state index in [1.54, 1.807) is 22.0 Å². The minimum atomic E-state index is -0.823. The number of hydrogen-bond donors (Lipinski definition) is 1. The average molecular weight is 281 g/mol. The first-order valence-electron chi connectivity index (χ1n) is 6.71. The van der Waals surface area contributed by atoms with E-state index < -0.39 is 5.97 Å². The lowest BCUT2D eigenvalue weighted by molar-refractivity contribution is -0.138. The summed E-state index contributed by atoms with van der Waals surface area (Å²) in [5, 5.41) is 16.3. The van der Waals surface area contributed by atoms with Crippen LogP contribution in [0, 0.1) is 0 Å². The zero-order valence-corrected chi connectivity index (χ0v) is 11.3. The SMILES string of the molecule is O=C(O)CN1CCCN(C(=O)CCn2ccnn2)CC1. The van der Waals surface area contributed by atoms with E-state index in [1.807, 2.05) is 4.90 Å². The summed E-state index contributed by atoms with van der Waals surface area (Å²) in [4.78, 5) is 26.5. The van der Waals surface area contributed by atoms with Gasteiger partial charge in [-0.3, -0.25) is 19.2 Å². The van der Waals surface area contributed by atoms with Gasteiger partial charge >= 0.3 is 5.97 Å². The van der Waals surface area contributed by atoms with E-state index in [4.69, 9.17) is 5.11 Å². The molecule has 1 amide bonds. The molecule has 20 heavy (non-hydrogen) atoms. The molecule has 110 valence electrons. The lowest BCUT2D eigenvalue weighted by Crippen LogP contribution is -2.37. The van der Waals surface area contributed by atoms with E-state index >= 15 is 0 Å². The third-order valence-electron chi connectivity index (χ3n) is 3.33. The maximum absolute atomic E-state index is 12.1. The van der Waals surface area contributed by atoms with Crippen molar-refractivity contribution in [3.8, 4) is 0 Å². The number of aryl methyl sites for hydroxylation is 1. The molecule has 0 atom stereocenters. The topological polar surface area (TPSA) is 91.6 Å². The second-order valence-corrected chi connectivity index (χ2v) is 4.82. The van der Waals surface area contributed by atoms with Crippen molar-refractivity contribution in [2.24, 2.45) is 0 Å². The highest BCUT2D eigenvalue weighted by Crippen LogP contribution is 2.05. The molecular formula is C12H19N5O3. The highest BCUT2D eigenvalue weighted by atomic mass is 16.4. The molecule has 0 spiro atoms. The number of carbonyl (C=O) groups is 2. The molecule has 8 heteroatoms. The molecule has 8 nitrogen and oxygen atoms in total. The Morgan fingerprint density at radius 3 is 2.75 bits per heavy atom. The normalized spacial score (nSPS) is 16.9. The molecule has 1 aromatic heterocycles. The van der Waals surface area contributed by atoms with E-state index in [0.29, 0.717) is 32.6 Å². The lowest BCUT2D eigenvalue weighted by Gasteiger charge is -2.21. The van der Waals surface area contributed by atoms with Crippen LogP contribution >= 0.6 is 0 Å².